The summed E-state index contributed by atoms with van der Waals surface area (Å²) >= 11 is 0. The van der Waals surface area contributed by atoms with Gasteiger partial charge >= 0.3 is 0 Å². The average molecular weight is 203 g/mol. The van der Waals surface area contributed by atoms with Crippen molar-refractivity contribution in [1.29, 1.82) is 0 Å². The Hall–Kier alpha value is -0.160. The molecule has 0 amide bonds. The van der Waals surface area contributed by atoms with Crippen LogP contribution in [0.15, 0.2) is 0 Å². The van der Waals surface area contributed by atoms with Gasteiger partial charge in [0, 0.05) is 25.1 Å². The molecule has 2 atom stereocenters. The van der Waals surface area contributed by atoms with Gasteiger partial charge < -0.3 is 19.8 Å². The molecule has 1 aliphatic heterocycles. The number of likely N-dealkylation sites (N-methyl/N-ethyl adjacent to an activating group) is 1. The first kappa shape index (κ1) is 11.9. The summed E-state index contributed by atoms with van der Waals surface area (Å²) in [6.45, 7) is 4.73. The zero-order valence-corrected chi connectivity index (χ0v) is 9.07. The summed E-state index contributed by atoms with van der Waals surface area (Å²) in [6.07, 6.45) is 0.589. The van der Waals surface area contributed by atoms with Crippen molar-refractivity contribution in [3.05, 3.63) is 0 Å². The Labute approximate surface area is 85.5 Å². The standard InChI is InChI=1S/C10H21NO3/c1-9(13)5-11(2)6-10(7-12)3-4-14-8-10/h9,12-13H,3-8H2,1-2H3. The molecule has 1 aliphatic rings. The summed E-state index contributed by atoms with van der Waals surface area (Å²) in [6, 6.07) is 0. The number of hydrogen-bond acceptors (Lipinski definition) is 4. The highest BCUT2D eigenvalue weighted by molar-refractivity contribution is 4.85. The molecule has 84 valence electrons. The van der Waals surface area contributed by atoms with E-state index in [1.165, 1.54) is 0 Å². The molecule has 1 fully saturated rings. The normalized spacial score (nSPS) is 29.8. The quantitative estimate of drug-likeness (QED) is 0.644. The first-order valence-electron chi connectivity index (χ1n) is 5.13. The van der Waals surface area contributed by atoms with Crippen LogP contribution in [0.5, 0.6) is 0 Å². The molecule has 1 saturated heterocycles. The maximum Gasteiger partial charge on any atom is 0.0638 e. The fourth-order valence-corrected chi connectivity index (χ4v) is 2.04. The van der Waals surface area contributed by atoms with Crippen molar-refractivity contribution in [2.24, 2.45) is 5.41 Å². The van der Waals surface area contributed by atoms with Crippen LogP contribution in [-0.4, -0.2) is 61.2 Å². The van der Waals surface area contributed by atoms with E-state index < -0.39 is 0 Å². The van der Waals surface area contributed by atoms with Gasteiger partial charge in [0.15, 0.2) is 0 Å². The zero-order chi connectivity index (χ0) is 10.6. The molecule has 0 aromatic heterocycles. The minimum Gasteiger partial charge on any atom is -0.396 e. The van der Waals surface area contributed by atoms with E-state index in [1.807, 2.05) is 7.05 Å². The largest absolute Gasteiger partial charge is 0.396 e. The van der Waals surface area contributed by atoms with Gasteiger partial charge in [-0.1, -0.05) is 0 Å². The third-order valence-electron chi connectivity index (χ3n) is 2.70. The Morgan fingerprint density at radius 1 is 1.57 bits per heavy atom. The van der Waals surface area contributed by atoms with Crippen LogP contribution >= 0.6 is 0 Å². The van der Waals surface area contributed by atoms with E-state index >= 15 is 0 Å². The summed E-state index contributed by atoms with van der Waals surface area (Å²) in [7, 11) is 1.96. The number of aliphatic hydroxyl groups excluding tert-OH is 2. The van der Waals surface area contributed by atoms with Crippen molar-refractivity contribution in [2.75, 3.05) is 40.0 Å². The SMILES string of the molecule is CC(O)CN(C)CC1(CO)CCOC1. The van der Waals surface area contributed by atoms with E-state index in [0.29, 0.717) is 13.2 Å². The van der Waals surface area contributed by atoms with Crippen molar-refractivity contribution < 1.29 is 14.9 Å². The van der Waals surface area contributed by atoms with Crippen LogP contribution in [0, 0.1) is 5.41 Å². The smallest absolute Gasteiger partial charge is 0.0638 e. The molecule has 1 rings (SSSR count). The summed E-state index contributed by atoms with van der Waals surface area (Å²) < 4.78 is 5.31. The summed E-state index contributed by atoms with van der Waals surface area (Å²) in [5, 5.41) is 18.5. The summed E-state index contributed by atoms with van der Waals surface area (Å²) in [5.74, 6) is 0. The second-order valence-electron chi connectivity index (χ2n) is 4.51. The first-order valence-corrected chi connectivity index (χ1v) is 5.13. The van der Waals surface area contributed by atoms with E-state index in [1.54, 1.807) is 6.92 Å². The molecule has 2 unspecified atom stereocenters. The molecule has 0 aliphatic carbocycles. The van der Waals surface area contributed by atoms with Gasteiger partial charge in [0.1, 0.15) is 0 Å². The maximum atomic E-state index is 9.33. The van der Waals surface area contributed by atoms with Crippen LogP contribution in [0.25, 0.3) is 0 Å². The molecule has 0 bridgehead atoms. The number of rotatable bonds is 5. The van der Waals surface area contributed by atoms with Crippen LogP contribution in [0.4, 0.5) is 0 Å². The molecule has 4 heteroatoms. The minimum absolute atomic E-state index is 0.107. The van der Waals surface area contributed by atoms with E-state index in [2.05, 4.69) is 4.90 Å². The predicted molar refractivity (Wildman–Crippen MR) is 54.1 cm³/mol. The summed E-state index contributed by atoms with van der Waals surface area (Å²) in [5.41, 5.74) is -0.107. The second kappa shape index (κ2) is 5.07. The highest BCUT2D eigenvalue weighted by atomic mass is 16.5. The number of hydrogen-bond donors (Lipinski definition) is 2. The van der Waals surface area contributed by atoms with Crippen LogP contribution in [0.2, 0.25) is 0 Å². The van der Waals surface area contributed by atoms with Crippen LogP contribution in [0.3, 0.4) is 0 Å². The Kier molecular flexibility index (Phi) is 4.31. The third-order valence-corrected chi connectivity index (χ3v) is 2.70. The predicted octanol–water partition coefficient (Wildman–Crippen LogP) is -0.302. The monoisotopic (exact) mass is 203 g/mol. The third kappa shape index (κ3) is 3.20. The molecule has 0 saturated carbocycles. The van der Waals surface area contributed by atoms with E-state index in [-0.39, 0.29) is 18.1 Å². The van der Waals surface area contributed by atoms with Gasteiger partial charge in [-0.3, -0.25) is 0 Å². The average Bonchev–Trinajstić information content (AvgIpc) is 2.52. The van der Waals surface area contributed by atoms with Crippen molar-refractivity contribution >= 4 is 0 Å². The van der Waals surface area contributed by atoms with Gasteiger partial charge in [-0.05, 0) is 20.4 Å². The Morgan fingerprint density at radius 3 is 2.71 bits per heavy atom. The Balaban J connectivity index is 2.39. The lowest BCUT2D eigenvalue weighted by molar-refractivity contribution is 0.0495. The van der Waals surface area contributed by atoms with Crippen molar-refractivity contribution in [3.63, 3.8) is 0 Å². The van der Waals surface area contributed by atoms with Gasteiger partial charge in [0.25, 0.3) is 0 Å². The minimum atomic E-state index is -0.321. The van der Waals surface area contributed by atoms with Crippen LogP contribution in [0.1, 0.15) is 13.3 Å². The van der Waals surface area contributed by atoms with E-state index in [0.717, 1.165) is 19.6 Å². The van der Waals surface area contributed by atoms with Crippen molar-refractivity contribution in [3.8, 4) is 0 Å². The van der Waals surface area contributed by atoms with Gasteiger partial charge in [-0.2, -0.15) is 0 Å². The van der Waals surface area contributed by atoms with E-state index in [9.17, 15) is 10.2 Å². The Morgan fingerprint density at radius 2 is 2.29 bits per heavy atom. The first-order chi connectivity index (χ1) is 6.58. The molecule has 0 spiro atoms. The lowest BCUT2D eigenvalue weighted by Crippen LogP contribution is -2.41. The molecular weight excluding hydrogens is 182 g/mol. The molecule has 14 heavy (non-hydrogen) atoms. The van der Waals surface area contributed by atoms with Gasteiger partial charge in [-0.25, -0.2) is 0 Å². The summed E-state index contributed by atoms with van der Waals surface area (Å²) in [4.78, 5) is 2.05. The second-order valence-corrected chi connectivity index (χ2v) is 4.51. The van der Waals surface area contributed by atoms with Gasteiger partial charge in [0.05, 0.1) is 19.3 Å². The molecular formula is C10H21NO3. The zero-order valence-electron chi connectivity index (χ0n) is 9.07. The topological polar surface area (TPSA) is 52.9 Å². The fourth-order valence-electron chi connectivity index (χ4n) is 2.04. The maximum absolute atomic E-state index is 9.33. The number of nitrogens with zero attached hydrogens (tertiary/aromatic N) is 1. The molecule has 2 N–H and O–H groups in total. The lowest BCUT2D eigenvalue weighted by Gasteiger charge is -2.30. The van der Waals surface area contributed by atoms with Gasteiger partial charge in [-0.15, -0.1) is 0 Å². The highest BCUT2D eigenvalue weighted by Crippen LogP contribution is 2.28. The molecule has 0 aromatic rings. The fraction of sp³-hybridized carbons (Fsp3) is 1.00. The molecule has 0 aromatic carbocycles. The van der Waals surface area contributed by atoms with Crippen LogP contribution < -0.4 is 0 Å². The Bertz CT molecular complexity index is 167. The van der Waals surface area contributed by atoms with Crippen LogP contribution in [-0.2, 0) is 4.74 Å². The van der Waals surface area contributed by atoms with E-state index in [4.69, 9.17) is 4.74 Å². The van der Waals surface area contributed by atoms with Crippen molar-refractivity contribution in [1.82, 2.24) is 4.90 Å². The number of aliphatic hydroxyl groups is 2. The molecule has 0 radical (unpaired) electrons. The highest BCUT2D eigenvalue weighted by Gasteiger charge is 2.35. The lowest BCUT2D eigenvalue weighted by atomic mass is 9.88. The van der Waals surface area contributed by atoms with Crippen molar-refractivity contribution in [2.45, 2.75) is 19.4 Å². The molecule has 4 nitrogen and oxygen atoms in total. The van der Waals surface area contributed by atoms with Gasteiger partial charge in [0.2, 0.25) is 0 Å². The number of ether oxygens (including phenoxy) is 1. The molecule has 1 heterocycles.